The minimum atomic E-state index is -5.02. The van der Waals surface area contributed by atoms with Gasteiger partial charge in [-0.25, -0.2) is 0 Å². The highest BCUT2D eigenvalue weighted by Gasteiger charge is 2.45. The molecule has 1 atom stereocenters. The normalized spacial score (nSPS) is 17.2. The van der Waals surface area contributed by atoms with E-state index in [4.69, 9.17) is 4.74 Å². The third-order valence-electron chi connectivity index (χ3n) is 11.2. The van der Waals surface area contributed by atoms with Gasteiger partial charge in [0.05, 0.1) is 9.79 Å². The maximum absolute atomic E-state index is 12.6. The van der Waals surface area contributed by atoms with Gasteiger partial charge in [0.1, 0.15) is 9.79 Å². The van der Waals surface area contributed by atoms with Crippen LogP contribution in [-0.2, 0) is 60.8 Å². The third kappa shape index (κ3) is 9.62. The first kappa shape index (κ1) is 47.5. The van der Waals surface area contributed by atoms with Crippen LogP contribution in [0.4, 0.5) is 5.69 Å². The number of carboxylic acids is 1. The summed E-state index contributed by atoms with van der Waals surface area (Å²) in [6, 6.07) is 9.71. The van der Waals surface area contributed by atoms with Gasteiger partial charge in [0.25, 0.3) is 40.5 Å². The highest BCUT2D eigenvalue weighted by molar-refractivity contribution is 7.87. The molecular weight excluding hydrogens is 875 g/mol. The van der Waals surface area contributed by atoms with Gasteiger partial charge in [-0.1, -0.05) is 57.2 Å². The monoisotopic (exact) mass is 921 g/mol. The summed E-state index contributed by atoms with van der Waals surface area (Å²) in [5, 5.41) is 9.43. The van der Waals surface area contributed by atoms with E-state index in [2.05, 4.69) is 6.58 Å². The van der Waals surface area contributed by atoms with E-state index < -0.39 is 76.9 Å². The van der Waals surface area contributed by atoms with Crippen molar-refractivity contribution in [1.29, 1.82) is 0 Å². The molecule has 0 aliphatic carbocycles. The number of nitrogens with zero attached hydrogens (tertiary/aromatic N) is 1. The molecule has 0 saturated carbocycles. The van der Waals surface area contributed by atoms with Crippen molar-refractivity contribution >= 4 is 73.7 Å². The van der Waals surface area contributed by atoms with Gasteiger partial charge < -0.3 is 14.7 Å². The van der Waals surface area contributed by atoms with Gasteiger partial charge in [0.2, 0.25) is 0 Å². The maximum atomic E-state index is 12.6. The largest absolute Gasteiger partial charge is 0.481 e. The fourth-order valence-corrected chi connectivity index (χ4v) is 10.9. The lowest BCUT2D eigenvalue weighted by molar-refractivity contribution is -0.137. The number of hydrogen-bond acceptors (Lipinski definition) is 11. The number of fused-ring (bicyclic) bond motifs is 4. The zero-order chi connectivity index (χ0) is 45.7. The Hall–Kier alpha value is -4.51. The fourth-order valence-electron chi connectivity index (χ4n) is 8.18. The first-order chi connectivity index (χ1) is 28.0. The Bertz CT molecular complexity index is 2990. The Kier molecular flexibility index (Phi) is 13.2. The van der Waals surface area contributed by atoms with Crippen LogP contribution in [0.1, 0.15) is 69.6 Å². The second-order valence-corrected chi connectivity index (χ2v) is 21.3. The summed E-state index contributed by atoms with van der Waals surface area (Å²) >= 11 is 0. The van der Waals surface area contributed by atoms with Crippen LogP contribution in [0, 0.1) is 6.92 Å². The molecule has 4 aromatic carbocycles. The molecule has 5 rings (SSSR count). The molecular formula is C41H47NO15S4. The molecule has 0 bridgehead atoms. The van der Waals surface area contributed by atoms with Gasteiger partial charge >= 0.3 is 5.97 Å². The smallest absolute Gasteiger partial charge is 0.303 e. The highest BCUT2D eigenvalue weighted by atomic mass is 32.2. The molecule has 4 aromatic rings. The average molecular weight is 922 g/mol. The first-order valence-electron chi connectivity index (χ1n) is 18.7. The van der Waals surface area contributed by atoms with Crippen LogP contribution in [0.2, 0.25) is 0 Å². The number of methoxy groups -OCH3 is 1. The van der Waals surface area contributed by atoms with Crippen molar-refractivity contribution < 1.29 is 66.5 Å². The number of aliphatic carboxylic acids is 1. The first-order valence-corrected chi connectivity index (χ1v) is 24.5. The van der Waals surface area contributed by atoms with E-state index in [1.807, 2.05) is 11.8 Å². The van der Waals surface area contributed by atoms with Crippen LogP contribution >= 0.6 is 0 Å². The summed E-state index contributed by atoms with van der Waals surface area (Å²) in [5.74, 6) is -0.945. The summed E-state index contributed by atoms with van der Waals surface area (Å²) < 4.78 is 145. The number of benzene rings is 4. The lowest BCUT2D eigenvalue weighted by Gasteiger charge is -2.31. The Labute approximate surface area is 355 Å². The summed E-state index contributed by atoms with van der Waals surface area (Å²) in [5.41, 5.74) is 1.02. The lowest BCUT2D eigenvalue weighted by atomic mass is 9.74. The average Bonchev–Trinajstić information content (AvgIpc) is 3.37. The van der Waals surface area contributed by atoms with E-state index in [0.29, 0.717) is 71.6 Å². The Morgan fingerprint density at radius 1 is 0.787 bits per heavy atom. The minimum Gasteiger partial charge on any atom is -0.481 e. The number of carboxylic acid groups (broad SMARTS) is 1. The molecule has 330 valence electrons. The summed E-state index contributed by atoms with van der Waals surface area (Å²) in [4.78, 5) is 10.2. The topological polar surface area (TPSA) is 267 Å². The molecule has 1 unspecified atom stereocenters. The molecule has 61 heavy (non-hydrogen) atoms. The molecule has 1 aliphatic heterocycles. The van der Waals surface area contributed by atoms with E-state index in [0.717, 1.165) is 12.1 Å². The zero-order valence-corrected chi connectivity index (χ0v) is 37.2. The van der Waals surface area contributed by atoms with E-state index in [1.165, 1.54) is 19.2 Å². The standard InChI is InChI=1S/C41H47NO15S4/c1-25-14-15-29-31(21-27(58(45,46)47)23-34(29)60(51,52)53)38(25)40(3,4)26(2)11-10-12-36-41(5,18-20-57-6)39-32-22-28(59(48,49)50)24-35(61(54,55)56)30(32)16-17-33(39)42(36)19-9-7-8-13-37(43)44/h10-12,14-17,21-24H,2,7-9,13,18-20H2,1,3-6H3,(H,43,44)(H,45,46,47)(H,48,49,50)(H,51,52,53)(H,54,55,56)/b11-10+,36-12+. The van der Waals surface area contributed by atoms with Crippen LogP contribution in [0.3, 0.4) is 0 Å². The summed E-state index contributed by atoms with van der Waals surface area (Å²) in [6.07, 6.45) is 6.78. The number of unbranched alkanes of at least 4 members (excludes halogenated alkanes) is 2. The van der Waals surface area contributed by atoms with Crippen LogP contribution in [0.25, 0.3) is 21.5 Å². The number of allylic oxidation sites excluding steroid dienone is 5. The number of aryl methyl sites for hydroxylation is 1. The zero-order valence-electron chi connectivity index (χ0n) is 33.9. The Morgan fingerprint density at radius 3 is 1.85 bits per heavy atom. The minimum absolute atomic E-state index is 0.000589. The van der Waals surface area contributed by atoms with Gasteiger partial charge in [0, 0.05) is 59.7 Å². The molecule has 16 nitrogen and oxygen atoms in total. The van der Waals surface area contributed by atoms with E-state index in [9.17, 15) is 61.8 Å². The van der Waals surface area contributed by atoms with Crippen molar-refractivity contribution in [1.82, 2.24) is 0 Å². The van der Waals surface area contributed by atoms with Crippen molar-refractivity contribution in [2.24, 2.45) is 0 Å². The molecule has 5 N–H and O–H groups in total. The molecule has 20 heteroatoms. The van der Waals surface area contributed by atoms with Gasteiger partial charge in [-0.3, -0.25) is 23.0 Å². The number of anilines is 1. The maximum Gasteiger partial charge on any atom is 0.303 e. The van der Waals surface area contributed by atoms with E-state index in [1.54, 1.807) is 51.1 Å². The molecule has 0 fully saturated rings. The molecule has 0 saturated heterocycles. The SMILES string of the molecule is C=C(/C=C/C=C1/N(CCCCCC(=O)O)c2ccc3c(S(=O)(=O)O)cc(S(=O)(=O)O)cc3c2C1(C)CCOC)C(C)(C)c1c(C)ccc2c(S(=O)(=O)O)cc(S(=O)(=O)O)cc12. The Balaban J connectivity index is 1.73. The molecule has 0 spiro atoms. The van der Waals surface area contributed by atoms with Gasteiger partial charge in [-0.2, -0.15) is 33.7 Å². The molecule has 0 radical (unpaired) electrons. The number of rotatable bonds is 17. The third-order valence-corrected chi connectivity index (χ3v) is 14.7. The predicted molar refractivity (Wildman–Crippen MR) is 229 cm³/mol. The summed E-state index contributed by atoms with van der Waals surface area (Å²) in [6.45, 7) is 11.9. The molecule has 0 aromatic heterocycles. The van der Waals surface area contributed by atoms with Gasteiger partial charge in [0.15, 0.2) is 0 Å². The quantitative estimate of drug-likeness (QED) is 0.0404. The second kappa shape index (κ2) is 17.0. The number of carbonyl (C=O) groups is 1. The van der Waals surface area contributed by atoms with Crippen LogP contribution in [0.5, 0.6) is 0 Å². The van der Waals surface area contributed by atoms with Crippen molar-refractivity contribution in [2.75, 3.05) is 25.2 Å². The van der Waals surface area contributed by atoms with Crippen LogP contribution in [-0.4, -0.2) is 83.2 Å². The fraction of sp³-hybridized carbons (Fsp3) is 0.341. The molecule has 1 aliphatic rings. The van der Waals surface area contributed by atoms with E-state index >= 15 is 0 Å². The van der Waals surface area contributed by atoms with E-state index in [-0.39, 0.29) is 41.0 Å². The van der Waals surface area contributed by atoms with Gasteiger partial charge in [-0.15, -0.1) is 0 Å². The lowest BCUT2D eigenvalue weighted by Crippen LogP contribution is -2.30. The van der Waals surface area contributed by atoms with Crippen LogP contribution in [0.15, 0.2) is 104 Å². The van der Waals surface area contributed by atoms with Crippen LogP contribution < -0.4 is 4.90 Å². The van der Waals surface area contributed by atoms with Crippen molar-refractivity contribution in [3.8, 4) is 0 Å². The Morgan fingerprint density at radius 2 is 1.33 bits per heavy atom. The predicted octanol–water partition coefficient (Wildman–Crippen LogP) is 7.02. The summed E-state index contributed by atoms with van der Waals surface area (Å²) in [7, 11) is -18.4. The van der Waals surface area contributed by atoms with Gasteiger partial charge in [-0.05, 0) is 103 Å². The highest BCUT2D eigenvalue weighted by Crippen LogP contribution is 2.54. The van der Waals surface area contributed by atoms with Crippen molar-refractivity contribution in [2.45, 2.75) is 90.2 Å². The second-order valence-electron chi connectivity index (χ2n) is 15.6. The number of hydrogen-bond donors (Lipinski definition) is 5. The van der Waals surface area contributed by atoms with Crippen molar-refractivity contribution in [3.05, 3.63) is 101 Å². The van der Waals surface area contributed by atoms with Crippen molar-refractivity contribution in [3.63, 3.8) is 0 Å². The molecule has 0 amide bonds. The number of ether oxygens (including phenoxy) is 1. The molecule has 1 heterocycles.